The summed E-state index contributed by atoms with van der Waals surface area (Å²) < 4.78 is 13.4. The Kier molecular flexibility index (Phi) is 3.42. The number of aliphatic hydroxyl groups is 1. The third kappa shape index (κ3) is 1.94. The molecular weight excluding hydrogens is 272 g/mol. The van der Waals surface area contributed by atoms with Crippen LogP contribution in [0.4, 0.5) is 4.39 Å². The second-order valence-corrected chi connectivity index (χ2v) is 3.51. The van der Waals surface area contributed by atoms with E-state index in [1.54, 1.807) is 12.1 Å². The summed E-state index contributed by atoms with van der Waals surface area (Å²) in [5.74, 6) is -0.294. The van der Waals surface area contributed by atoms with E-state index in [9.17, 15) is 4.39 Å². The molecule has 1 rings (SSSR count). The molecule has 1 aromatic rings. The van der Waals surface area contributed by atoms with Crippen molar-refractivity contribution in [2.45, 2.75) is 6.04 Å². The molecule has 0 radical (unpaired) electrons. The van der Waals surface area contributed by atoms with Crippen molar-refractivity contribution in [3.05, 3.63) is 33.1 Å². The highest BCUT2D eigenvalue weighted by atomic mass is 127. The Balaban J connectivity index is 3.07. The third-order valence-corrected chi connectivity index (χ3v) is 2.72. The largest absolute Gasteiger partial charge is 0.394 e. The van der Waals surface area contributed by atoms with Gasteiger partial charge >= 0.3 is 0 Å². The van der Waals surface area contributed by atoms with E-state index in [4.69, 9.17) is 10.8 Å². The minimum Gasteiger partial charge on any atom is -0.394 e. The molecular formula is C8H9FINO. The lowest BCUT2D eigenvalue weighted by molar-refractivity contribution is 0.267. The fourth-order valence-electron chi connectivity index (χ4n) is 0.905. The molecule has 0 unspecified atom stereocenters. The number of rotatable bonds is 2. The Morgan fingerprint density at radius 2 is 2.25 bits per heavy atom. The van der Waals surface area contributed by atoms with Crippen LogP contribution in [0.2, 0.25) is 0 Å². The van der Waals surface area contributed by atoms with E-state index in [0.717, 1.165) is 0 Å². The van der Waals surface area contributed by atoms with Gasteiger partial charge in [-0.3, -0.25) is 0 Å². The molecule has 2 nitrogen and oxygen atoms in total. The van der Waals surface area contributed by atoms with E-state index >= 15 is 0 Å². The lowest BCUT2D eigenvalue weighted by atomic mass is 10.1. The van der Waals surface area contributed by atoms with Crippen LogP contribution in [-0.4, -0.2) is 11.7 Å². The summed E-state index contributed by atoms with van der Waals surface area (Å²) in [6.07, 6.45) is 0. The number of aliphatic hydroxyl groups excluding tert-OH is 1. The molecule has 0 aliphatic carbocycles. The highest BCUT2D eigenvalue weighted by Gasteiger charge is 2.10. The van der Waals surface area contributed by atoms with Gasteiger partial charge in [0.1, 0.15) is 5.82 Å². The van der Waals surface area contributed by atoms with Crippen molar-refractivity contribution in [3.8, 4) is 0 Å². The van der Waals surface area contributed by atoms with Crippen LogP contribution in [0.3, 0.4) is 0 Å². The van der Waals surface area contributed by atoms with Crippen molar-refractivity contribution in [1.82, 2.24) is 0 Å². The predicted molar refractivity (Wildman–Crippen MR) is 53.1 cm³/mol. The van der Waals surface area contributed by atoms with E-state index in [1.807, 2.05) is 22.6 Å². The number of benzene rings is 1. The minimum absolute atomic E-state index is 0.167. The molecule has 0 aromatic heterocycles. The van der Waals surface area contributed by atoms with Gasteiger partial charge in [-0.2, -0.15) is 0 Å². The van der Waals surface area contributed by atoms with Crippen molar-refractivity contribution >= 4 is 22.6 Å². The zero-order valence-corrected chi connectivity index (χ0v) is 8.45. The van der Waals surface area contributed by atoms with Gasteiger partial charge in [0.05, 0.1) is 16.2 Å². The van der Waals surface area contributed by atoms with E-state index in [2.05, 4.69) is 0 Å². The van der Waals surface area contributed by atoms with Crippen LogP contribution < -0.4 is 5.73 Å². The number of halogens is 2. The van der Waals surface area contributed by atoms with Crippen molar-refractivity contribution in [2.75, 3.05) is 6.61 Å². The summed E-state index contributed by atoms with van der Waals surface area (Å²) in [6, 6.07) is 4.18. The maximum atomic E-state index is 12.9. The highest BCUT2D eigenvalue weighted by Crippen LogP contribution is 2.20. The standard InChI is InChI=1S/C8H9FINO/c9-6-3-1-2-5(8(6)10)7(11)4-12/h1-3,7,12H,4,11H2/t7-/m1/s1. The lowest BCUT2D eigenvalue weighted by Crippen LogP contribution is -2.16. The topological polar surface area (TPSA) is 46.2 Å². The average Bonchev–Trinajstić information content (AvgIpc) is 2.08. The molecule has 0 spiro atoms. The third-order valence-electron chi connectivity index (χ3n) is 1.58. The molecule has 0 aliphatic heterocycles. The Hall–Kier alpha value is -0.200. The molecule has 3 N–H and O–H groups in total. The fourth-order valence-corrected chi connectivity index (χ4v) is 1.66. The Bertz CT molecular complexity index is 280. The van der Waals surface area contributed by atoms with Crippen LogP contribution in [0.1, 0.15) is 11.6 Å². The second kappa shape index (κ2) is 4.15. The smallest absolute Gasteiger partial charge is 0.136 e. The summed E-state index contributed by atoms with van der Waals surface area (Å²) >= 11 is 1.88. The zero-order chi connectivity index (χ0) is 9.14. The van der Waals surface area contributed by atoms with E-state index in [0.29, 0.717) is 9.13 Å². The number of nitrogens with two attached hydrogens (primary N) is 1. The molecule has 0 saturated heterocycles. The molecule has 66 valence electrons. The quantitative estimate of drug-likeness (QED) is 0.805. The summed E-state index contributed by atoms with van der Waals surface area (Å²) in [5.41, 5.74) is 6.19. The van der Waals surface area contributed by atoms with Crippen molar-refractivity contribution in [1.29, 1.82) is 0 Å². The Morgan fingerprint density at radius 3 is 2.83 bits per heavy atom. The SMILES string of the molecule is N[C@H](CO)c1cccc(F)c1I. The van der Waals surface area contributed by atoms with Gasteiger partial charge in [-0.25, -0.2) is 4.39 Å². The molecule has 0 saturated carbocycles. The first kappa shape index (κ1) is 9.88. The van der Waals surface area contributed by atoms with Gasteiger partial charge in [-0.15, -0.1) is 0 Å². The maximum Gasteiger partial charge on any atom is 0.136 e. The van der Waals surface area contributed by atoms with Crippen LogP contribution in [0.25, 0.3) is 0 Å². The number of hydrogen-bond donors (Lipinski definition) is 2. The van der Waals surface area contributed by atoms with Crippen LogP contribution in [0, 0.1) is 9.39 Å². The Labute approximate surface area is 83.7 Å². The summed E-state index contributed by atoms with van der Waals surface area (Å²) in [7, 11) is 0. The second-order valence-electron chi connectivity index (χ2n) is 2.43. The van der Waals surface area contributed by atoms with Crippen molar-refractivity contribution in [2.24, 2.45) is 5.73 Å². The molecule has 0 fully saturated rings. The van der Waals surface area contributed by atoms with Gasteiger partial charge in [0.15, 0.2) is 0 Å². The normalized spacial score (nSPS) is 13.0. The minimum atomic E-state index is -0.493. The van der Waals surface area contributed by atoms with E-state index < -0.39 is 6.04 Å². The predicted octanol–water partition coefficient (Wildman–Crippen LogP) is 1.42. The van der Waals surface area contributed by atoms with E-state index in [1.165, 1.54) is 6.07 Å². The van der Waals surface area contributed by atoms with Crippen molar-refractivity contribution in [3.63, 3.8) is 0 Å². The molecule has 0 aliphatic rings. The van der Waals surface area contributed by atoms with Crippen LogP contribution in [0.15, 0.2) is 18.2 Å². The molecule has 1 aromatic carbocycles. The highest BCUT2D eigenvalue weighted by molar-refractivity contribution is 14.1. The van der Waals surface area contributed by atoms with Crippen LogP contribution >= 0.6 is 22.6 Å². The summed E-state index contributed by atoms with van der Waals surface area (Å²) in [5, 5.41) is 8.75. The average molecular weight is 281 g/mol. The molecule has 0 heterocycles. The molecule has 4 heteroatoms. The van der Waals surface area contributed by atoms with Gasteiger partial charge in [0, 0.05) is 0 Å². The zero-order valence-electron chi connectivity index (χ0n) is 6.30. The van der Waals surface area contributed by atoms with Gasteiger partial charge in [-0.05, 0) is 34.2 Å². The molecule has 12 heavy (non-hydrogen) atoms. The van der Waals surface area contributed by atoms with Crippen LogP contribution in [-0.2, 0) is 0 Å². The fraction of sp³-hybridized carbons (Fsp3) is 0.250. The van der Waals surface area contributed by atoms with Gasteiger partial charge in [-0.1, -0.05) is 12.1 Å². The van der Waals surface area contributed by atoms with Crippen LogP contribution in [0.5, 0.6) is 0 Å². The Morgan fingerprint density at radius 1 is 1.58 bits per heavy atom. The number of hydrogen-bond acceptors (Lipinski definition) is 2. The lowest BCUT2D eigenvalue weighted by Gasteiger charge is -2.10. The first-order valence-corrected chi connectivity index (χ1v) is 4.55. The van der Waals surface area contributed by atoms with E-state index in [-0.39, 0.29) is 12.4 Å². The summed E-state index contributed by atoms with van der Waals surface area (Å²) in [4.78, 5) is 0. The first-order valence-electron chi connectivity index (χ1n) is 3.47. The van der Waals surface area contributed by atoms with Gasteiger partial charge < -0.3 is 10.8 Å². The monoisotopic (exact) mass is 281 g/mol. The van der Waals surface area contributed by atoms with Gasteiger partial charge in [0.2, 0.25) is 0 Å². The molecule has 1 atom stereocenters. The first-order chi connectivity index (χ1) is 5.66. The van der Waals surface area contributed by atoms with Crippen molar-refractivity contribution < 1.29 is 9.50 Å². The summed E-state index contributed by atoms with van der Waals surface area (Å²) in [6.45, 7) is -0.167. The molecule has 0 bridgehead atoms. The maximum absolute atomic E-state index is 12.9. The molecule has 0 amide bonds. The van der Waals surface area contributed by atoms with Gasteiger partial charge in [0.25, 0.3) is 0 Å².